The molecule has 114 valence electrons. The predicted molar refractivity (Wildman–Crippen MR) is 71.2 cm³/mol. The molecule has 0 atom stereocenters. The molecule has 7 nitrogen and oxygen atoms in total. The number of ether oxygens (including phenoxy) is 1. The SMILES string of the molecule is CC1(C)COCCN1C(=O)NC(=O)CCCCC(=O)O. The Morgan fingerprint density at radius 2 is 1.90 bits per heavy atom. The molecule has 0 saturated carbocycles. The highest BCUT2D eigenvalue weighted by atomic mass is 16.5. The van der Waals surface area contributed by atoms with Crippen molar-refractivity contribution < 1.29 is 24.2 Å². The van der Waals surface area contributed by atoms with Gasteiger partial charge in [0.2, 0.25) is 5.91 Å². The molecule has 1 heterocycles. The zero-order valence-corrected chi connectivity index (χ0v) is 12.0. The molecule has 1 rings (SSSR count). The van der Waals surface area contributed by atoms with Gasteiger partial charge >= 0.3 is 12.0 Å². The third-order valence-electron chi connectivity index (χ3n) is 3.18. The quantitative estimate of drug-likeness (QED) is 0.734. The van der Waals surface area contributed by atoms with Crippen LogP contribution < -0.4 is 5.32 Å². The van der Waals surface area contributed by atoms with Gasteiger partial charge in [0.15, 0.2) is 0 Å². The molecule has 0 aromatic heterocycles. The molecule has 0 aliphatic carbocycles. The van der Waals surface area contributed by atoms with Crippen molar-refractivity contribution in [2.75, 3.05) is 19.8 Å². The molecule has 2 N–H and O–H groups in total. The number of nitrogens with zero attached hydrogens (tertiary/aromatic N) is 1. The molecule has 0 bridgehead atoms. The molecule has 0 radical (unpaired) electrons. The number of hydrogen-bond donors (Lipinski definition) is 2. The summed E-state index contributed by atoms with van der Waals surface area (Å²) in [5.41, 5.74) is -0.439. The van der Waals surface area contributed by atoms with Crippen molar-refractivity contribution in [1.82, 2.24) is 10.2 Å². The van der Waals surface area contributed by atoms with Crippen molar-refractivity contribution in [3.63, 3.8) is 0 Å². The van der Waals surface area contributed by atoms with Crippen LogP contribution in [0.4, 0.5) is 4.79 Å². The number of aliphatic carboxylic acids is 1. The third kappa shape index (κ3) is 5.16. The van der Waals surface area contributed by atoms with E-state index in [1.807, 2.05) is 13.8 Å². The van der Waals surface area contributed by atoms with Gasteiger partial charge in [0.05, 0.1) is 18.8 Å². The summed E-state index contributed by atoms with van der Waals surface area (Å²) < 4.78 is 5.31. The first-order valence-electron chi connectivity index (χ1n) is 6.74. The lowest BCUT2D eigenvalue weighted by Gasteiger charge is -2.41. The second-order valence-electron chi connectivity index (χ2n) is 5.47. The molecule has 0 spiro atoms. The van der Waals surface area contributed by atoms with Crippen LogP contribution >= 0.6 is 0 Å². The highest BCUT2D eigenvalue weighted by Crippen LogP contribution is 2.18. The average molecular weight is 286 g/mol. The molecule has 1 aliphatic rings. The number of carboxylic acid groups (broad SMARTS) is 1. The van der Waals surface area contributed by atoms with Crippen molar-refractivity contribution >= 4 is 17.9 Å². The van der Waals surface area contributed by atoms with Crippen molar-refractivity contribution in [3.05, 3.63) is 0 Å². The Hall–Kier alpha value is -1.63. The molecular formula is C13H22N2O5. The first-order valence-corrected chi connectivity index (χ1v) is 6.74. The van der Waals surface area contributed by atoms with Gasteiger partial charge in [-0.25, -0.2) is 4.79 Å². The smallest absolute Gasteiger partial charge is 0.324 e. The number of urea groups is 1. The monoisotopic (exact) mass is 286 g/mol. The molecule has 0 unspecified atom stereocenters. The molecule has 7 heteroatoms. The van der Waals surface area contributed by atoms with E-state index in [0.29, 0.717) is 32.6 Å². The molecule has 1 saturated heterocycles. The number of carboxylic acids is 1. The topological polar surface area (TPSA) is 95.9 Å². The minimum atomic E-state index is -0.878. The second-order valence-corrected chi connectivity index (χ2v) is 5.47. The second kappa shape index (κ2) is 7.23. The van der Waals surface area contributed by atoms with Crippen LogP contribution in [0, 0.1) is 0 Å². The lowest BCUT2D eigenvalue weighted by molar-refractivity contribution is -0.137. The number of imide groups is 1. The van der Waals surface area contributed by atoms with Crippen LogP contribution in [0.5, 0.6) is 0 Å². The number of carbonyl (C=O) groups excluding carboxylic acids is 2. The lowest BCUT2D eigenvalue weighted by atomic mass is 10.0. The fraction of sp³-hybridized carbons (Fsp3) is 0.769. The van der Waals surface area contributed by atoms with Crippen LogP contribution in [-0.2, 0) is 14.3 Å². The largest absolute Gasteiger partial charge is 0.481 e. The summed E-state index contributed by atoms with van der Waals surface area (Å²) in [4.78, 5) is 35.5. The van der Waals surface area contributed by atoms with Crippen molar-refractivity contribution in [2.24, 2.45) is 0 Å². The van der Waals surface area contributed by atoms with Gasteiger partial charge in [-0.15, -0.1) is 0 Å². The van der Waals surface area contributed by atoms with Gasteiger partial charge in [0.1, 0.15) is 0 Å². The first-order chi connectivity index (χ1) is 9.33. The predicted octanol–water partition coefficient (Wildman–Crippen LogP) is 0.978. The Balaban J connectivity index is 2.33. The van der Waals surface area contributed by atoms with E-state index >= 15 is 0 Å². The van der Waals surface area contributed by atoms with Crippen molar-refractivity contribution in [3.8, 4) is 0 Å². The molecule has 20 heavy (non-hydrogen) atoms. The van der Waals surface area contributed by atoms with Gasteiger partial charge in [-0.05, 0) is 26.7 Å². The third-order valence-corrected chi connectivity index (χ3v) is 3.18. The van der Waals surface area contributed by atoms with Crippen molar-refractivity contribution in [2.45, 2.75) is 45.1 Å². The fourth-order valence-corrected chi connectivity index (χ4v) is 2.05. The van der Waals surface area contributed by atoms with E-state index in [-0.39, 0.29) is 18.7 Å². The number of unbranched alkanes of at least 4 members (excludes halogenated alkanes) is 1. The summed E-state index contributed by atoms with van der Waals surface area (Å²) in [6.07, 6.45) is 1.08. The number of amides is 3. The summed E-state index contributed by atoms with van der Waals surface area (Å²) >= 11 is 0. The highest BCUT2D eigenvalue weighted by molar-refractivity contribution is 5.94. The van der Waals surface area contributed by atoms with Gasteiger partial charge < -0.3 is 14.7 Å². The summed E-state index contributed by atoms with van der Waals surface area (Å²) in [7, 11) is 0. The fourth-order valence-electron chi connectivity index (χ4n) is 2.05. The van der Waals surface area contributed by atoms with E-state index in [0.717, 1.165) is 0 Å². The first kappa shape index (κ1) is 16.4. The molecule has 3 amide bonds. The Labute approximate surface area is 118 Å². The highest BCUT2D eigenvalue weighted by Gasteiger charge is 2.34. The van der Waals surface area contributed by atoms with Gasteiger partial charge in [-0.2, -0.15) is 0 Å². The molecular weight excluding hydrogens is 264 g/mol. The van der Waals surface area contributed by atoms with Gasteiger partial charge in [-0.3, -0.25) is 14.9 Å². The van der Waals surface area contributed by atoms with Crippen molar-refractivity contribution in [1.29, 1.82) is 0 Å². The Morgan fingerprint density at radius 1 is 1.25 bits per heavy atom. The summed E-state index contributed by atoms with van der Waals surface area (Å²) in [5, 5.41) is 10.8. The maximum absolute atomic E-state index is 12.0. The van der Waals surface area contributed by atoms with E-state index in [9.17, 15) is 14.4 Å². The van der Waals surface area contributed by atoms with Gasteiger partial charge in [0, 0.05) is 19.4 Å². The number of carbonyl (C=O) groups is 3. The molecule has 0 aromatic carbocycles. The molecule has 1 aliphatic heterocycles. The van der Waals surface area contributed by atoms with Crippen LogP contribution in [-0.4, -0.2) is 53.2 Å². The number of hydrogen-bond acceptors (Lipinski definition) is 4. The number of morpholine rings is 1. The zero-order valence-electron chi connectivity index (χ0n) is 12.0. The minimum Gasteiger partial charge on any atom is -0.481 e. The van der Waals surface area contributed by atoms with E-state index in [4.69, 9.17) is 9.84 Å². The van der Waals surface area contributed by atoms with E-state index in [1.165, 1.54) is 0 Å². The number of rotatable bonds is 5. The zero-order chi connectivity index (χ0) is 15.2. The van der Waals surface area contributed by atoms with E-state index in [1.54, 1.807) is 4.90 Å². The Bertz CT molecular complexity index is 381. The maximum Gasteiger partial charge on any atom is 0.324 e. The molecule has 1 fully saturated rings. The maximum atomic E-state index is 12.0. The van der Waals surface area contributed by atoms with Crippen LogP contribution in [0.1, 0.15) is 39.5 Å². The summed E-state index contributed by atoms with van der Waals surface area (Å²) in [5.74, 6) is -1.25. The standard InChI is InChI=1S/C13H22N2O5/c1-13(2)9-20-8-7-15(13)12(19)14-10(16)5-3-4-6-11(17)18/h3-9H2,1-2H3,(H,17,18)(H,14,16,19). The van der Waals surface area contributed by atoms with Crippen LogP contribution in [0.25, 0.3) is 0 Å². The van der Waals surface area contributed by atoms with E-state index in [2.05, 4.69) is 5.32 Å². The van der Waals surface area contributed by atoms with Crippen LogP contribution in [0.2, 0.25) is 0 Å². The lowest BCUT2D eigenvalue weighted by Crippen LogP contribution is -2.59. The summed E-state index contributed by atoms with van der Waals surface area (Å²) in [6, 6.07) is -0.415. The average Bonchev–Trinajstić information content (AvgIpc) is 2.33. The van der Waals surface area contributed by atoms with Gasteiger partial charge in [-0.1, -0.05) is 0 Å². The normalized spacial score (nSPS) is 17.6. The van der Waals surface area contributed by atoms with Crippen LogP contribution in [0.3, 0.4) is 0 Å². The van der Waals surface area contributed by atoms with Gasteiger partial charge in [0.25, 0.3) is 0 Å². The Kier molecular flexibility index (Phi) is 5.94. The Morgan fingerprint density at radius 3 is 2.50 bits per heavy atom. The van der Waals surface area contributed by atoms with E-state index < -0.39 is 17.5 Å². The van der Waals surface area contributed by atoms with Crippen LogP contribution in [0.15, 0.2) is 0 Å². The minimum absolute atomic E-state index is 0.0394. The summed E-state index contributed by atoms with van der Waals surface area (Å²) in [6.45, 7) is 5.11. The molecule has 0 aromatic rings. The number of nitrogens with one attached hydrogen (secondary N) is 1.